The Morgan fingerprint density at radius 1 is 1.11 bits per heavy atom. The molecule has 1 aromatic rings. The van der Waals surface area contributed by atoms with Crippen molar-refractivity contribution in [3.05, 3.63) is 29.8 Å². The van der Waals surface area contributed by atoms with E-state index in [1.807, 2.05) is 37.8 Å². The normalized spacial score (nSPS) is 16.2. The Kier molecular flexibility index (Phi) is 11.2. The van der Waals surface area contributed by atoms with Crippen molar-refractivity contribution in [2.24, 2.45) is 0 Å². The maximum Gasteiger partial charge on any atom is 0.410 e. The first-order valence-corrected chi connectivity index (χ1v) is 15.0. The second-order valence-corrected chi connectivity index (χ2v) is 12.9. The summed E-state index contributed by atoms with van der Waals surface area (Å²) >= 11 is 0. The van der Waals surface area contributed by atoms with E-state index in [2.05, 4.69) is 18.7 Å². The minimum atomic E-state index is -3.18. The molecular formula is C27H45N3O5S. The number of benzene rings is 1. The summed E-state index contributed by atoms with van der Waals surface area (Å²) in [6.07, 6.45) is 5.36. The van der Waals surface area contributed by atoms with Gasteiger partial charge in [0.1, 0.15) is 12.1 Å². The van der Waals surface area contributed by atoms with E-state index in [0.29, 0.717) is 30.6 Å². The van der Waals surface area contributed by atoms with E-state index in [9.17, 15) is 18.0 Å². The fourth-order valence-corrected chi connectivity index (χ4v) is 5.07. The fourth-order valence-electron chi connectivity index (χ4n) is 4.44. The molecule has 2 rings (SSSR count). The van der Waals surface area contributed by atoms with Crippen LogP contribution in [0.15, 0.2) is 29.2 Å². The SMILES string of the molecule is CCCN(CCCCN1CCCN(C(=O)OC(C)(C)C)CC1=O)[C@@H](C)Cc1ccc(S(C)(=O)=O)cc1. The summed E-state index contributed by atoms with van der Waals surface area (Å²) in [6.45, 7) is 13.8. The van der Waals surface area contributed by atoms with Crippen LogP contribution in [-0.4, -0.2) is 92.3 Å². The summed E-state index contributed by atoms with van der Waals surface area (Å²) in [4.78, 5) is 31.3. The van der Waals surface area contributed by atoms with Crippen molar-refractivity contribution in [3.8, 4) is 0 Å². The van der Waals surface area contributed by atoms with Gasteiger partial charge in [0.2, 0.25) is 5.91 Å². The molecular weight excluding hydrogens is 478 g/mol. The molecule has 8 nitrogen and oxygen atoms in total. The van der Waals surface area contributed by atoms with Crippen molar-refractivity contribution in [2.45, 2.75) is 83.3 Å². The Labute approximate surface area is 217 Å². The lowest BCUT2D eigenvalue weighted by atomic mass is 10.1. The monoisotopic (exact) mass is 523 g/mol. The maximum absolute atomic E-state index is 12.8. The molecule has 1 atom stereocenters. The largest absolute Gasteiger partial charge is 0.444 e. The van der Waals surface area contributed by atoms with Gasteiger partial charge in [0, 0.05) is 31.9 Å². The summed E-state index contributed by atoms with van der Waals surface area (Å²) in [6, 6.07) is 7.51. The number of nitrogens with zero attached hydrogens (tertiary/aromatic N) is 3. The third-order valence-electron chi connectivity index (χ3n) is 6.33. The van der Waals surface area contributed by atoms with Gasteiger partial charge in [0.15, 0.2) is 9.84 Å². The molecule has 1 aliphatic rings. The van der Waals surface area contributed by atoms with E-state index >= 15 is 0 Å². The lowest BCUT2D eigenvalue weighted by Crippen LogP contribution is -2.42. The van der Waals surface area contributed by atoms with Crippen LogP contribution < -0.4 is 0 Å². The van der Waals surface area contributed by atoms with Gasteiger partial charge < -0.3 is 14.5 Å². The first-order valence-electron chi connectivity index (χ1n) is 13.1. The molecule has 1 aliphatic heterocycles. The number of unbranched alkanes of at least 4 members (excludes halogenated alkanes) is 1. The van der Waals surface area contributed by atoms with Gasteiger partial charge in [0.05, 0.1) is 4.90 Å². The quantitative estimate of drug-likeness (QED) is 0.408. The third kappa shape index (κ3) is 10.1. The number of rotatable bonds is 11. The number of sulfone groups is 1. The van der Waals surface area contributed by atoms with Crippen molar-refractivity contribution in [1.29, 1.82) is 0 Å². The maximum atomic E-state index is 12.8. The predicted molar refractivity (Wildman–Crippen MR) is 143 cm³/mol. The van der Waals surface area contributed by atoms with Crippen LogP contribution in [0.1, 0.15) is 65.9 Å². The highest BCUT2D eigenvalue weighted by Crippen LogP contribution is 2.16. The van der Waals surface area contributed by atoms with E-state index in [-0.39, 0.29) is 12.5 Å². The molecule has 204 valence electrons. The van der Waals surface area contributed by atoms with Gasteiger partial charge in [-0.3, -0.25) is 9.69 Å². The minimum Gasteiger partial charge on any atom is -0.444 e. The summed E-state index contributed by atoms with van der Waals surface area (Å²) in [5.41, 5.74) is 0.549. The van der Waals surface area contributed by atoms with Crippen molar-refractivity contribution in [2.75, 3.05) is 45.5 Å². The Balaban J connectivity index is 1.82. The molecule has 1 fully saturated rings. The van der Waals surface area contributed by atoms with Gasteiger partial charge in [-0.2, -0.15) is 0 Å². The molecule has 1 saturated heterocycles. The zero-order valence-electron chi connectivity index (χ0n) is 23.0. The summed E-state index contributed by atoms with van der Waals surface area (Å²) in [5.74, 6) is -0.0188. The van der Waals surface area contributed by atoms with E-state index in [1.165, 1.54) is 11.2 Å². The zero-order valence-corrected chi connectivity index (χ0v) is 23.8. The van der Waals surface area contributed by atoms with Crippen LogP contribution in [0.2, 0.25) is 0 Å². The number of hydrogen-bond acceptors (Lipinski definition) is 6. The number of ether oxygens (including phenoxy) is 1. The molecule has 0 unspecified atom stereocenters. The minimum absolute atomic E-state index is 0.0188. The van der Waals surface area contributed by atoms with Crippen molar-refractivity contribution in [3.63, 3.8) is 0 Å². The van der Waals surface area contributed by atoms with Crippen LogP contribution in [-0.2, 0) is 25.8 Å². The third-order valence-corrected chi connectivity index (χ3v) is 7.46. The summed E-state index contributed by atoms with van der Waals surface area (Å²) in [7, 11) is -3.18. The number of hydrogen-bond donors (Lipinski definition) is 0. The number of amides is 2. The van der Waals surface area contributed by atoms with Crippen LogP contribution in [0.5, 0.6) is 0 Å². The van der Waals surface area contributed by atoms with Gasteiger partial charge in [-0.15, -0.1) is 0 Å². The Morgan fingerprint density at radius 2 is 1.78 bits per heavy atom. The van der Waals surface area contributed by atoms with Crippen molar-refractivity contribution in [1.82, 2.24) is 14.7 Å². The van der Waals surface area contributed by atoms with Crippen LogP contribution in [0.4, 0.5) is 4.79 Å². The highest BCUT2D eigenvalue weighted by atomic mass is 32.2. The van der Waals surface area contributed by atoms with Crippen LogP contribution in [0.3, 0.4) is 0 Å². The van der Waals surface area contributed by atoms with E-state index in [1.54, 1.807) is 12.1 Å². The Morgan fingerprint density at radius 3 is 2.36 bits per heavy atom. The zero-order chi connectivity index (χ0) is 26.9. The molecule has 1 aromatic carbocycles. The molecule has 0 spiro atoms. The van der Waals surface area contributed by atoms with E-state index < -0.39 is 21.5 Å². The molecule has 0 bridgehead atoms. The smallest absolute Gasteiger partial charge is 0.410 e. The first kappa shape index (κ1) is 30.1. The molecule has 0 N–H and O–H groups in total. The molecule has 9 heteroatoms. The standard InChI is InChI=1S/C27H45N3O5S/c1-7-15-28(22(2)20-23-11-13-24(14-12-23)36(6,33)34)16-8-9-17-29-18-10-19-30(21-25(29)31)26(32)35-27(3,4)5/h11-14,22H,7-10,15-21H2,1-6H3/t22-/m0/s1. The molecule has 0 aliphatic carbocycles. The highest BCUT2D eigenvalue weighted by molar-refractivity contribution is 7.90. The fraction of sp³-hybridized carbons (Fsp3) is 0.704. The Hall–Kier alpha value is -2.13. The molecule has 1 heterocycles. The van der Waals surface area contributed by atoms with Gasteiger partial charge in [0.25, 0.3) is 0 Å². The summed E-state index contributed by atoms with van der Waals surface area (Å²) in [5, 5.41) is 0. The van der Waals surface area contributed by atoms with Crippen LogP contribution in [0, 0.1) is 0 Å². The molecule has 2 amide bonds. The van der Waals surface area contributed by atoms with Crippen LogP contribution >= 0.6 is 0 Å². The number of carbonyl (C=O) groups excluding carboxylic acids is 2. The van der Waals surface area contributed by atoms with Crippen LogP contribution in [0.25, 0.3) is 0 Å². The lowest BCUT2D eigenvalue weighted by molar-refractivity contribution is -0.131. The van der Waals surface area contributed by atoms with Gasteiger partial charge in [-0.05, 0) is 90.6 Å². The van der Waals surface area contributed by atoms with E-state index in [4.69, 9.17) is 4.74 Å². The van der Waals surface area contributed by atoms with Gasteiger partial charge in [-0.1, -0.05) is 19.1 Å². The second kappa shape index (κ2) is 13.4. The first-order chi connectivity index (χ1) is 16.8. The average molecular weight is 524 g/mol. The van der Waals surface area contributed by atoms with Crippen molar-refractivity contribution >= 4 is 21.8 Å². The molecule has 0 radical (unpaired) electrons. The number of carbonyl (C=O) groups is 2. The van der Waals surface area contributed by atoms with E-state index in [0.717, 1.165) is 50.8 Å². The molecule has 0 saturated carbocycles. The van der Waals surface area contributed by atoms with Gasteiger partial charge in [-0.25, -0.2) is 13.2 Å². The topological polar surface area (TPSA) is 87.2 Å². The van der Waals surface area contributed by atoms with Gasteiger partial charge >= 0.3 is 6.09 Å². The Bertz CT molecular complexity index is 957. The highest BCUT2D eigenvalue weighted by Gasteiger charge is 2.28. The summed E-state index contributed by atoms with van der Waals surface area (Å²) < 4.78 is 28.8. The average Bonchev–Trinajstić information content (AvgIpc) is 2.96. The lowest BCUT2D eigenvalue weighted by Gasteiger charge is -2.29. The second-order valence-electron chi connectivity index (χ2n) is 10.8. The molecule has 0 aromatic heterocycles. The van der Waals surface area contributed by atoms with Crippen molar-refractivity contribution < 1.29 is 22.7 Å². The predicted octanol–water partition coefficient (Wildman–Crippen LogP) is 3.98. The molecule has 36 heavy (non-hydrogen) atoms.